The van der Waals surface area contributed by atoms with Crippen molar-refractivity contribution >= 4 is 34.9 Å². The highest BCUT2D eigenvalue weighted by molar-refractivity contribution is 7.99. The molecule has 0 aliphatic rings. The molecule has 2 aromatic heterocycles. The Balaban J connectivity index is 1.38. The van der Waals surface area contributed by atoms with E-state index in [-0.39, 0.29) is 11.7 Å². The van der Waals surface area contributed by atoms with E-state index in [4.69, 9.17) is 0 Å². The molecular formula is C20H17N5OS2. The second-order valence-electron chi connectivity index (χ2n) is 6.07. The van der Waals surface area contributed by atoms with Gasteiger partial charge in [-0.25, -0.2) is 4.98 Å². The SMILES string of the molecule is Cc1ccccc1-n1ccnc1SCC(=O)Nc1ccc(-c2csnn2)cc1. The van der Waals surface area contributed by atoms with Crippen LogP contribution in [-0.2, 0) is 4.79 Å². The van der Waals surface area contributed by atoms with Crippen LogP contribution in [-0.4, -0.2) is 30.8 Å². The number of nitrogens with zero attached hydrogens (tertiary/aromatic N) is 4. The summed E-state index contributed by atoms with van der Waals surface area (Å²) < 4.78 is 5.87. The standard InChI is InChI=1S/C20H17N5OS2/c1-14-4-2-3-5-18(14)25-11-10-21-20(25)27-13-19(26)22-16-8-6-15(7-9-16)17-12-28-24-23-17/h2-12H,13H2,1H3,(H,22,26). The van der Waals surface area contributed by atoms with Gasteiger partial charge in [-0.3, -0.25) is 9.36 Å². The minimum atomic E-state index is -0.0765. The number of carbonyl (C=O) groups excluding carboxylic acids is 1. The Morgan fingerprint density at radius 3 is 2.75 bits per heavy atom. The van der Waals surface area contributed by atoms with Gasteiger partial charge in [-0.05, 0) is 42.2 Å². The molecular weight excluding hydrogens is 390 g/mol. The summed E-state index contributed by atoms with van der Waals surface area (Å²) in [6.45, 7) is 2.06. The minimum Gasteiger partial charge on any atom is -0.325 e. The fraction of sp³-hybridized carbons (Fsp3) is 0.100. The van der Waals surface area contributed by atoms with Crippen LogP contribution >= 0.6 is 23.3 Å². The Kier molecular flexibility index (Phi) is 5.50. The largest absolute Gasteiger partial charge is 0.325 e. The van der Waals surface area contributed by atoms with Gasteiger partial charge in [0.25, 0.3) is 0 Å². The van der Waals surface area contributed by atoms with E-state index in [1.54, 1.807) is 6.20 Å². The molecule has 28 heavy (non-hydrogen) atoms. The van der Waals surface area contributed by atoms with Gasteiger partial charge in [0.1, 0.15) is 5.69 Å². The maximum Gasteiger partial charge on any atom is 0.234 e. The van der Waals surface area contributed by atoms with Crippen molar-refractivity contribution in [2.45, 2.75) is 12.1 Å². The van der Waals surface area contributed by atoms with Crippen LogP contribution in [0.2, 0.25) is 0 Å². The van der Waals surface area contributed by atoms with Gasteiger partial charge in [-0.15, -0.1) is 5.10 Å². The highest BCUT2D eigenvalue weighted by atomic mass is 32.2. The summed E-state index contributed by atoms with van der Waals surface area (Å²) in [4.78, 5) is 16.7. The molecule has 4 rings (SSSR count). The van der Waals surface area contributed by atoms with Crippen molar-refractivity contribution in [1.29, 1.82) is 0 Å². The molecule has 0 saturated carbocycles. The number of thioether (sulfide) groups is 1. The van der Waals surface area contributed by atoms with E-state index in [0.29, 0.717) is 0 Å². The Bertz CT molecular complexity index is 1070. The highest BCUT2D eigenvalue weighted by Crippen LogP contribution is 2.23. The molecule has 8 heteroatoms. The first-order valence-corrected chi connectivity index (χ1v) is 10.4. The Hall–Kier alpha value is -2.97. The van der Waals surface area contributed by atoms with Gasteiger partial charge in [0.05, 0.1) is 11.4 Å². The number of rotatable bonds is 6. The molecule has 140 valence electrons. The summed E-state index contributed by atoms with van der Waals surface area (Å²) in [7, 11) is 0. The molecule has 0 spiro atoms. The quantitative estimate of drug-likeness (QED) is 0.479. The van der Waals surface area contributed by atoms with Crippen LogP contribution in [0.15, 0.2) is 71.5 Å². The van der Waals surface area contributed by atoms with Gasteiger partial charge < -0.3 is 5.32 Å². The molecule has 0 bridgehead atoms. The number of para-hydroxylation sites is 1. The van der Waals surface area contributed by atoms with Crippen LogP contribution in [0.1, 0.15) is 5.56 Å². The number of imidazole rings is 1. The number of hydrogen-bond donors (Lipinski definition) is 1. The summed E-state index contributed by atoms with van der Waals surface area (Å²) in [5, 5.41) is 9.64. The molecule has 1 N–H and O–H groups in total. The van der Waals surface area contributed by atoms with Gasteiger partial charge in [0.2, 0.25) is 5.91 Å². The van der Waals surface area contributed by atoms with Gasteiger partial charge >= 0.3 is 0 Å². The second-order valence-corrected chi connectivity index (χ2v) is 7.62. The molecule has 2 aromatic carbocycles. The van der Waals surface area contributed by atoms with Gasteiger partial charge in [-0.1, -0.05) is 46.6 Å². The zero-order chi connectivity index (χ0) is 19.3. The smallest absolute Gasteiger partial charge is 0.234 e. The lowest BCUT2D eigenvalue weighted by atomic mass is 10.1. The van der Waals surface area contributed by atoms with E-state index in [9.17, 15) is 4.79 Å². The summed E-state index contributed by atoms with van der Waals surface area (Å²) in [5.74, 6) is 0.202. The van der Waals surface area contributed by atoms with Crippen LogP contribution in [0.25, 0.3) is 16.9 Å². The minimum absolute atomic E-state index is 0.0765. The normalized spacial score (nSPS) is 10.8. The lowest BCUT2D eigenvalue weighted by Crippen LogP contribution is -2.14. The van der Waals surface area contributed by atoms with E-state index in [2.05, 4.69) is 32.9 Å². The lowest BCUT2D eigenvalue weighted by molar-refractivity contribution is -0.113. The third kappa shape index (κ3) is 4.13. The summed E-state index contributed by atoms with van der Waals surface area (Å²) in [6.07, 6.45) is 3.66. The molecule has 6 nitrogen and oxygen atoms in total. The summed E-state index contributed by atoms with van der Waals surface area (Å²) >= 11 is 2.72. The van der Waals surface area contributed by atoms with Gasteiger partial charge in [0.15, 0.2) is 5.16 Å². The number of aryl methyl sites for hydroxylation is 1. The van der Waals surface area contributed by atoms with E-state index in [1.165, 1.54) is 23.3 Å². The third-order valence-electron chi connectivity index (χ3n) is 4.14. The van der Waals surface area contributed by atoms with Crippen molar-refractivity contribution < 1.29 is 4.79 Å². The first-order valence-electron chi connectivity index (χ1n) is 8.60. The zero-order valence-electron chi connectivity index (χ0n) is 15.1. The van der Waals surface area contributed by atoms with Crippen LogP contribution < -0.4 is 5.32 Å². The van der Waals surface area contributed by atoms with E-state index in [1.807, 2.05) is 58.6 Å². The molecule has 0 aliphatic heterocycles. The summed E-state index contributed by atoms with van der Waals surface area (Å²) in [5.41, 5.74) is 4.78. The van der Waals surface area contributed by atoms with Crippen molar-refractivity contribution in [3.05, 3.63) is 71.9 Å². The van der Waals surface area contributed by atoms with Crippen molar-refractivity contribution in [2.24, 2.45) is 0 Å². The molecule has 0 atom stereocenters. The first-order chi connectivity index (χ1) is 13.7. The first kappa shape index (κ1) is 18.4. The molecule has 0 radical (unpaired) electrons. The van der Waals surface area contributed by atoms with Crippen LogP contribution in [0.4, 0.5) is 5.69 Å². The van der Waals surface area contributed by atoms with E-state index >= 15 is 0 Å². The number of benzene rings is 2. The zero-order valence-corrected chi connectivity index (χ0v) is 16.7. The third-order valence-corrected chi connectivity index (χ3v) is 5.61. The Labute approximate surface area is 170 Å². The molecule has 0 aliphatic carbocycles. The number of nitrogens with one attached hydrogen (secondary N) is 1. The fourth-order valence-electron chi connectivity index (χ4n) is 2.76. The van der Waals surface area contributed by atoms with E-state index < -0.39 is 0 Å². The molecule has 0 saturated heterocycles. The van der Waals surface area contributed by atoms with Crippen molar-refractivity contribution in [1.82, 2.24) is 19.1 Å². The predicted octanol–water partition coefficient (Wildman–Crippen LogP) is 4.43. The number of aromatic nitrogens is 4. The number of amides is 1. The number of hydrogen-bond acceptors (Lipinski definition) is 6. The van der Waals surface area contributed by atoms with E-state index in [0.717, 1.165) is 33.4 Å². The van der Waals surface area contributed by atoms with Gasteiger partial charge in [0, 0.05) is 29.0 Å². The van der Waals surface area contributed by atoms with Crippen molar-refractivity contribution in [3.63, 3.8) is 0 Å². The van der Waals surface area contributed by atoms with Gasteiger partial charge in [-0.2, -0.15) is 0 Å². The Morgan fingerprint density at radius 1 is 1.18 bits per heavy atom. The molecule has 2 heterocycles. The lowest BCUT2D eigenvalue weighted by Gasteiger charge is -2.10. The maximum atomic E-state index is 12.3. The molecule has 4 aromatic rings. The molecule has 0 unspecified atom stereocenters. The number of carbonyl (C=O) groups is 1. The van der Waals surface area contributed by atoms with Crippen molar-refractivity contribution in [3.8, 4) is 16.9 Å². The summed E-state index contributed by atoms with van der Waals surface area (Å²) in [6, 6.07) is 15.7. The highest BCUT2D eigenvalue weighted by Gasteiger charge is 2.11. The second kappa shape index (κ2) is 8.37. The number of anilines is 1. The van der Waals surface area contributed by atoms with Crippen LogP contribution in [0, 0.1) is 6.92 Å². The Morgan fingerprint density at radius 2 is 2.00 bits per heavy atom. The average molecular weight is 408 g/mol. The topological polar surface area (TPSA) is 72.7 Å². The molecule has 0 fully saturated rings. The predicted molar refractivity (Wildman–Crippen MR) is 113 cm³/mol. The average Bonchev–Trinajstić information content (AvgIpc) is 3.39. The van der Waals surface area contributed by atoms with Crippen LogP contribution in [0.3, 0.4) is 0 Å². The fourth-order valence-corrected chi connectivity index (χ4v) is 3.99. The van der Waals surface area contributed by atoms with Crippen LogP contribution in [0.5, 0.6) is 0 Å². The monoisotopic (exact) mass is 407 g/mol. The molecule has 1 amide bonds. The van der Waals surface area contributed by atoms with Crippen molar-refractivity contribution in [2.75, 3.05) is 11.1 Å². The maximum absolute atomic E-state index is 12.3.